The first-order valence-electron chi connectivity index (χ1n) is 9.49. The van der Waals surface area contributed by atoms with E-state index in [2.05, 4.69) is 15.2 Å². The Balaban J connectivity index is 1.59. The minimum Gasteiger partial charge on any atom is -0.268 e. The fraction of sp³-hybridized carbons (Fsp3) is 0.286. The minimum absolute atomic E-state index is 0.0816. The molecule has 0 bridgehead atoms. The zero-order valence-corrected chi connectivity index (χ0v) is 15.3. The monoisotopic (exact) mass is 395 g/mol. The molecule has 146 valence electrons. The Morgan fingerprint density at radius 2 is 1.90 bits per heavy atom. The quantitative estimate of drug-likeness (QED) is 0.540. The summed E-state index contributed by atoms with van der Waals surface area (Å²) in [5, 5.41) is 12.5. The topological polar surface area (TPSA) is 59.4 Å². The molecular formula is C21H16F3N5. The number of hydrogen-bond acceptors (Lipinski definition) is 3. The first-order chi connectivity index (χ1) is 14.0. The highest BCUT2D eigenvalue weighted by Gasteiger charge is 2.71. The SMILES string of the molecule is Fc1ccc(-c2nn3c(c2-c2ccnc4[nH]ncc24)CC[C@]2(C3)CC2(F)F)cc1. The molecule has 0 unspecified atom stereocenters. The van der Waals surface area contributed by atoms with Gasteiger partial charge in [-0.2, -0.15) is 10.2 Å². The van der Waals surface area contributed by atoms with E-state index in [4.69, 9.17) is 5.10 Å². The standard InChI is InChI=1S/C21H16F3N5/c22-13-3-1-12(2-4-13)18-17(14-6-8-25-19-15(14)9-26-27-19)16-5-7-20(10-21(20,23)24)11-29(16)28-18/h1-4,6,8-9H,5,7,10-11H2,(H,25,26,27)/t20-/m1/s1. The molecule has 0 amide bonds. The lowest BCUT2D eigenvalue weighted by Gasteiger charge is -2.24. The predicted molar refractivity (Wildman–Crippen MR) is 101 cm³/mol. The van der Waals surface area contributed by atoms with E-state index in [1.165, 1.54) is 12.1 Å². The lowest BCUT2D eigenvalue weighted by Crippen LogP contribution is -2.27. The second-order valence-corrected chi connectivity index (χ2v) is 7.99. The van der Waals surface area contributed by atoms with Gasteiger partial charge in [-0.05, 0) is 48.7 Å². The number of aromatic nitrogens is 5. The van der Waals surface area contributed by atoms with E-state index in [-0.39, 0.29) is 18.8 Å². The van der Waals surface area contributed by atoms with Gasteiger partial charge in [-0.15, -0.1) is 0 Å². The number of rotatable bonds is 2. The molecule has 8 heteroatoms. The summed E-state index contributed by atoms with van der Waals surface area (Å²) in [7, 11) is 0. The Kier molecular flexibility index (Phi) is 3.16. The van der Waals surface area contributed by atoms with E-state index in [0.717, 1.165) is 27.8 Å². The van der Waals surface area contributed by atoms with E-state index in [1.54, 1.807) is 29.2 Å². The van der Waals surface area contributed by atoms with Crippen molar-refractivity contribution >= 4 is 11.0 Å². The highest BCUT2D eigenvalue weighted by molar-refractivity contribution is 5.97. The van der Waals surface area contributed by atoms with Crippen LogP contribution >= 0.6 is 0 Å². The van der Waals surface area contributed by atoms with Crippen molar-refractivity contribution in [2.75, 3.05) is 0 Å². The summed E-state index contributed by atoms with van der Waals surface area (Å²) in [6.07, 6.45) is 4.26. The molecule has 1 spiro atoms. The van der Waals surface area contributed by atoms with Gasteiger partial charge < -0.3 is 0 Å². The number of benzene rings is 1. The van der Waals surface area contributed by atoms with Gasteiger partial charge in [-0.1, -0.05) is 0 Å². The first-order valence-corrected chi connectivity index (χ1v) is 9.49. The van der Waals surface area contributed by atoms with E-state index in [1.807, 2.05) is 6.07 Å². The van der Waals surface area contributed by atoms with Crippen LogP contribution in [0.5, 0.6) is 0 Å². The van der Waals surface area contributed by atoms with Crippen molar-refractivity contribution in [3.63, 3.8) is 0 Å². The largest absolute Gasteiger partial charge is 0.268 e. The third kappa shape index (κ3) is 2.31. The van der Waals surface area contributed by atoms with Crippen molar-refractivity contribution in [3.05, 3.63) is 54.2 Å². The predicted octanol–water partition coefficient (Wildman–Crippen LogP) is 4.60. The van der Waals surface area contributed by atoms with Crippen LogP contribution in [0.2, 0.25) is 0 Å². The van der Waals surface area contributed by atoms with Gasteiger partial charge >= 0.3 is 0 Å². The third-order valence-corrected chi connectivity index (χ3v) is 6.30. The van der Waals surface area contributed by atoms with Crippen molar-refractivity contribution in [1.29, 1.82) is 0 Å². The van der Waals surface area contributed by atoms with Crippen molar-refractivity contribution in [2.24, 2.45) is 5.41 Å². The summed E-state index contributed by atoms with van der Waals surface area (Å²) in [5.74, 6) is -2.96. The van der Waals surface area contributed by atoms with Gasteiger partial charge in [-0.25, -0.2) is 18.2 Å². The smallest absolute Gasteiger partial charge is 0.256 e. The Labute approximate surface area is 163 Å². The number of hydrogen-bond donors (Lipinski definition) is 1. The minimum atomic E-state index is -2.62. The number of pyridine rings is 1. The summed E-state index contributed by atoms with van der Waals surface area (Å²) < 4.78 is 43.3. The maximum absolute atomic E-state index is 14.0. The van der Waals surface area contributed by atoms with Crippen molar-refractivity contribution in [1.82, 2.24) is 25.0 Å². The van der Waals surface area contributed by atoms with Crippen LogP contribution in [-0.4, -0.2) is 30.9 Å². The summed E-state index contributed by atoms with van der Waals surface area (Å²) in [4.78, 5) is 4.30. The molecule has 5 nitrogen and oxygen atoms in total. The summed E-state index contributed by atoms with van der Waals surface area (Å²) in [5.41, 5.74) is 3.77. The van der Waals surface area contributed by atoms with Crippen molar-refractivity contribution in [3.8, 4) is 22.4 Å². The molecule has 4 aromatic rings. The molecule has 1 fully saturated rings. The molecular weight excluding hydrogens is 379 g/mol. The van der Waals surface area contributed by atoms with E-state index in [9.17, 15) is 13.2 Å². The number of H-pyrrole nitrogens is 1. The van der Waals surface area contributed by atoms with Gasteiger partial charge in [-0.3, -0.25) is 9.78 Å². The Morgan fingerprint density at radius 1 is 1.10 bits per heavy atom. The highest BCUT2D eigenvalue weighted by atomic mass is 19.3. The second-order valence-electron chi connectivity index (χ2n) is 7.99. The van der Waals surface area contributed by atoms with Gasteiger partial charge in [0.05, 0.1) is 18.2 Å². The average Bonchev–Trinajstić information content (AvgIpc) is 3.09. The second kappa shape index (κ2) is 5.46. The molecule has 1 aliphatic heterocycles. The van der Waals surface area contributed by atoms with E-state index >= 15 is 0 Å². The molecule has 29 heavy (non-hydrogen) atoms. The van der Waals surface area contributed by atoms with Gasteiger partial charge in [0.2, 0.25) is 0 Å². The van der Waals surface area contributed by atoms with Crippen LogP contribution in [0.15, 0.2) is 42.7 Å². The fourth-order valence-electron chi connectivity index (χ4n) is 4.59. The van der Waals surface area contributed by atoms with E-state index in [0.29, 0.717) is 24.2 Å². The maximum atomic E-state index is 14.0. The molecule has 6 rings (SSSR count). The van der Waals surface area contributed by atoms with Crippen LogP contribution in [0.4, 0.5) is 13.2 Å². The highest BCUT2D eigenvalue weighted by Crippen LogP contribution is 2.65. The fourth-order valence-corrected chi connectivity index (χ4v) is 4.59. The lowest BCUT2D eigenvalue weighted by atomic mass is 9.90. The summed E-state index contributed by atoms with van der Waals surface area (Å²) in [6.45, 7) is 0.198. The van der Waals surface area contributed by atoms with Crippen molar-refractivity contribution in [2.45, 2.75) is 31.7 Å². The molecule has 1 N–H and O–H groups in total. The molecule has 0 saturated heterocycles. The van der Waals surface area contributed by atoms with Crippen molar-refractivity contribution < 1.29 is 13.2 Å². The van der Waals surface area contributed by atoms with Gasteiger partial charge in [0.25, 0.3) is 5.92 Å². The first kappa shape index (κ1) is 16.8. The van der Waals surface area contributed by atoms with Gasteiger partial charge in [0, 0.05) is 34.8 Å². The summed E-state index contributed by atoms with van der Waals surface area (Å²) >= 11 is 0. The zero-order valence-electron chi connectivity index (χ0n) is 15.3. The van der Waals surface area contributed by atoms with Crippen LogP contribution in [-0.2, 0) is 13.0 Å². The molecule has 3 aromatic heterocycles. The third-order valence-electron chi connectivity index (χ3n) is 6.30. The molecule has 1 aromatic carbocycles. The van der Waals surface area contributed by atoms with Gasteiger partial charge in [0.15, 0.2) is 5.65 Å². The number of alkyl halides is 2. The van der Waals surface area contributed by atoms with Gasteiger partial charge in [0.1, 0.15) is 11.5 Å². The Bertz CT molecular complexity index is 1260. The van der Waals surface area contributed by atoms with Crippen LogP contribution in [0.25, 0.3) is 33.4 Å². The number of nitrogens with zero attached hydrogens (tertiary/aromatic N) is 4. The van der Waals surface area contributed by atoms with Crippen LogP contribution < -0.4 is 0 Å². The Morgan fingerprint density at radius 3 is 2.66 bits per heavy atom. The Hall–Kier alpha value is -3.16. The van der Waals surface area contributed by atoms with Crippen LogP contribution in [0.3, 0.4) is 0 Å². The molecule has 0 radical (unpaired) electrons. The van der Waals surface area contributed by atoms with Crippen LogP contribution in [0.1, 0.15) is 18.5 Å². The molecule has 1 atom stereocenters. The lowest BCUT2D eigenvalue weighted by molar-refractivity contribution is 0.0462. The normalized spacial score (nSPS) is 22.2. The average molecular weight is 395 g/mol. The molecule has 2 aliphatic rings. The molecule has 4 heterocycles. The van der Waals surface area contributed by atoms with Crippen LogP contribution in [0, 0.1) is 11.2 Å². The summed E-state index contributed by atoms with van der Waals surface area (Å²) in [6, 6.07) is 7.99. The number of halogens is 3. The zero-order chi connectivity index (χ0) is 19.8. The number of nitrogens with one attached hydrogen (secondary N) is 1. The molecule has 1 aliphatic carbocycles. The van der Waals surface area contributed by atoms with E-state index < -0.39 is 11.3 Å². The number of aromatic amines is 1. The maximum Gasteiger partial charge on any atom is 0.256 e. The number of fused-ring (bicyclic) bond motifs is 2. The molecule has 1 saturated carbocycles.